The number of hydrogen-bond acceptors (Lipinski definition) is 0. The largest absolute Gasteiger partial charge is 0 e. The Kier molecular flexibility index (Phi) is 42.0. The topological polar surface area (TPSA) is 79.6 Å². The first-order chi connectivity index (χ1) is 9.08. The van der Waals surface area contributed by atoms with Crippen LogP contribution in [-0.4, -0.2) is 5.16 Å². The average molecular weight is 333 g/mol. The van der Waals surface area contributed by atoms with Gasteiger partial charge in [-0.15, -0.1) is 0 Å². The van der Waals surface area contributed by atoms with Crippen LogP contribution < -0.4 is 5.30 Å². The summed E-state index contributed by atoms with van der Waals surface area (Å²) in [6, 6.07) is 10.6. The van der Waals surface area contributed by atoms with E-state index in [1.807, 2.05) is 0 Å². The molecule has 0 bridgehead atoms. The molecule has 0 heterocycles. The summed E-state index contributed by atoms with van der Waals surface area (Å²) in [7, 11) is 1.41. The fourth-order valence-corrected chi connectivity index (χ4v) is 1.99. The van der Waals surface area contributed by atoms with Crippen molar-refractivity contribution >= 4 is 13.9 Å². The van der Waals surface area contributed by atoms with E-state index in [-0.39, 0.29) is 17.1 Å². The first kappa shape index (κ1) is 31.5. The van der Waals surface area contributed by atoms with E-state index in [1.54, 1.807) is 0 Å². The molecule has 1 aromatic rings. The zero-order valence-electron chi connectivity index (χ0n) is 11.3. The molecule has 1 aromatic carbocycles. The molecule has 0 saturated carbocycles. The van der Waals surface area contributed by atoms with Gasteiger partial charge in [0.15, 0.2) is 0 Å². The monoisotopic (exact) mass is 333 g/mol. The van der Waals surface area contributed by atoms with E-state index in [0.29, 0.717) is 5.16 Å². The van der Waals surface area contributed by atoms with Gasteiger partial charge in [0.2, 0.25) is 0 Å². The molecule has 0 saturated heterocycles. The molecule has 0 aliphatic heterocycles. The Morgan fingerprint density at radius 3 is 1.30 bits per heavy atom. The summed E-state index contributed by atoms with van der Waals surface area (Å²) in [4.78, 5) is 0. The number of benzene rings is 1. The molecule has 1 rings (SSSR count). The molecule has 107 valence electrons. The van der Waals surface area contributed by atoms with Crippen LogP contribution in [0.1, 0.15) is 20.8 Å². The van der Waals surface area contributed by atoms with Gasteiger partial charge in [-0.1, -0.05) is 51.1 Å². The van der Waals surface area contributed by atoms with Crippen LogP contribution in [0.15, 0.2) is 30.3 Å². The fraction of sp³-hybridized carbons (Fsp3) is 0.286. The van der Waals surface area contributed by atoms with E-state index < -0.39 is 0 Å². The maximum absolute atomic E-state index is 7.50. The van der Waals surface area contributed by atoms with Crippen LogP contribution in [0.4, 0.5) is 0 Å². The molecule has 0 atom stereocenters. The van der Waals surface area contributed by atoms with Gasteiger partial charge in [-0.2, -0.15) is 0 Å². The molecule has 0 N–H and O–H groups in total. The summed E-state index contributed by atoms with van der Waals surface area (Å²) in [5.74, 6) is 0. The van der Waals surface area contributed by atoms with Gasteiger partial charge in [0.1, 0.15) is 0 Å². The predicted molar refractivity (Wildman–Crippen MR) is 68.5 cm³/mol. The van der Waals surface area contributed by atoms with Gasteiger partial charge < -0.3 is 0 Å². The Balaban J connectivity index is -0.0000000722. The predicted octanol–water partition coefficient (Wildman–Crippen LogP) is 2.90. The summed E-state index contributed by atoms with van der Waals surface area (Å²) in [5.41, 5.74) is 0. The second-order valence-electron chi connectivity index (χ2n) is 3.62. The average Bonchev–Trinajstić information content (AvgIpc) is 2.47. The molecule has 20 heavy (non-hydrogen) atoms. The van der Waals surface area contributed by atoms with Gasteiger partial charge >= 0.3 is 45.2 Å². The smallest absolute Gasteiger partial charge is 0 e. The summed E-state index contributed by atoms with van der Waals surface area (Å²) >= 11 is 0. The fourth-order valence-electron chi connectivity index (χ4n) is 0.890. The molecule has 0 fully saturated rings. The zero-order valence-corrected chi connectivity index (χ0v) is 13.3. The molecule has 0 unspecified atom stereocenters. The molecule has 0 aliphatic carbocycles. The van der Waals surface area contributed by atoms with E-state index >= 15 is 0 Å². The first-order valence-electron chi connectivity index (χ1n) is 4.67. The summed E-state index contributed by atoms with van der Waals surface area (Å²) in [5, 5.41) is 1.78. The van der Waals surface area contributed by atoms with Gasteiger partial charge in [0, 0.05) is 17.1 Å². The molecule has 0 spiro atoms. The molecular weight excluding hydrogens is 319 g/mol. The zero-order chi connectivity index (χ0) is 16.3. The van der Waals surface area contributed by atoms with Crippen molar-refractivity contribution in [2.24, 2.45) is 0 Å². The van der Waals surface area contributed by atoms with Crippen molar-refractivity contribution in [2.45, 2.75) is 25.9 Å². The second kappa shape index (κ2) is 26.6. The number of hydrogen-bond donors (Lipinski definition) is 0. The molecular formula is C14H14FeO4P. The van der Waals surface area contributed by atoms with Crippen molar-refractivity contribution in [2.75, 3.05) is 0 Å². The van der Waals surface area contributed by atoms with E-state index in [0.717, 1.165) is 0 Å². The van der Waals surface area contributed by atoms with Gasteiger partial charge in [-0.25, -0.2) is 0 Å². The Morgan fingerprint density at radius 2 is 1.05 bits per heavy atom. The van der Waals surface area contributed by atoms with Crippen molar-refractivity contribution in [3.8, 4) is 0 Å². The third-order valence-corrected chi connectivity index (χ3v) is 2.45. The van der Waals surface area contributed by atoms with Gasteiger partial charge in [0.05, 0.1) is 0 Å². The minimum Gasteiger partial charge on any atom is 0 e. The van der Waals surface area contributed by atoms with Crippen molar-refractivity contribution in [3.05, 3.63) is 56.9 Å². The summed E-state index contributed by atoms with van der Waals surface area (Å²) < 4.78 is 30.0. The minimum absolute atomic E-state index is 0. The van der Waals surface area contributed by atoms with Crippen molar-refractivity contribution < 1.29 is 35.7 Å². The maximum atomic E-state index is 7.50. The Bertz CT molecular complexity index is 339. The van der Waals surface area contributed by atoms with Crippen LogP contribution in [0.5, 0.6) is 0 Å². The Labute approximate surface area is 132 Å². The van der Waals surface area contributed by atoms with E-state index in [1.165, 1.54) is 13.9 Å². The first-order valence-corrected chi connectivity index (χ1v) is 5.57. The van der Waals surface area contributed by atoms with Gasteiger partial charge in [0.25, 0.3) is 0 Å². The number of rotatable bonds is 1. The second-order valence-corrected chi connectivity index (χ2v) is 5.70. The van der Waals surface area contributed by atoms with Crippen LogP contribution >= 0.6 is 8.58 Å². The molecule has 6 heteroatoms. The minimum atomic E-state index is 0. The van der Waals surface area contributed by atoms with Crippen LogP contribution in [0.2, 0.25) is 0 Å². The third-order valence-electron chi connectivity index (χ3n) is 1.22. The summed E-state index contributed by atoms with van der Waals surface area (Å²) in [6.45, 7) is 24.8. The van der Waals surface area contributed by atoms with E-state index in [4.69, 9.17) is 18.6 Å². The quantitative estimate of drug-likeness (QED) is 0.328. The van der Waals surface area contributed by atoms with Crippen molar-refractivity contribution in [1.29, 1.82) is 0 Å². The van der Waals surface area contributed by atoms with E-state index in [9.17, 15) is 0 Å². The van der Waals surface area contributed by atoms with Crippen molar-refractivity contribution in [3.63, 3.8) is 0 Å². The molecule has 4 nitrogen and oxygen atoms in total. The van der Waals surface area contributed by atoms with Crippen LogP contribution in [0.3, 0.4) is 0 Å². The Morgan fingerprint density at radius 1 is 0.750 bits per heavy atom. The van der Waals surface area contributed by atoms with Crippen molar-refractivity contribution in [1.82, 2.24) is 0 Å². The molecule has 0 aromatic heterocycles. The van der Waals surface area contributed by atoms with Gasteiger partial charge in [-0.3, -0.25) is 0 Å². The van der Waals surface area contributed by atoms with Crippen LogP contribution in [0.25, 0.3) is 0 Å². The maximum Gasteiger partial charge on any atom is 0 e. The Hall–Kier alpha value is -0.871. The summed E-state index contributed by atoms with van der Waals surface area (Å²) in [6.07, 6.45) is 0. The van der Waals surface area contributed by atoms with Gasteiger partial charge in [-0.05, 0) is 19.0 Å². The standard InChI is InChI=1S/C10H14P.4CO.Fe/c1-10(2,3)11-9-7-5-4-6-8-9;4*1-2;/h4-8H,1-3H3;;;;;. The molecule has 0 amide bonds. The normalized spacial score (nSPS) is 7.35. The van der Waals surface area contributed by atoms with E-state index in [2.05, 4.69) is 77.7 Å². The van der Waals surface area contributed by atoms with Crippen LogP contribution in [-0.2, 0) is 35.7 Å². The molecule has 1 radical (unpaired) electrons. The molecule has 0 aliphatic rings. The van der Waals surface area contributed by atoms with Crippen LogP contribution in [0, 0.1) is 26.6 Å². The third kappa shape index (κ3) is 30.3. The SMILES string of the molecule is CC(C)(C)[P]c1ccccc1.[C-]#[O+].[C-]#[O+].[C-]#[O+].[C-]#[O+].[Fe].